The highest BCUT2D eigenvalue weighted by Crippen LogP contribution is 2.38. The fourth-order valence-corrected chi connectivity index (χ4v) is 3.29. The number of aliphatic imine (C=N–C) groups is 1. The standard InChI is InChI=1S/C17H18N2O3/c1-9(2)17(3)16(21)19-14(18-17)12-6-10-4-5-22-8-11(10)7-13(12)15(19)20/h6-7,9H,4-5,8H2,1-3H3. The summed E-state index contributed by atoms with van der Waals surface area (Å²) in [5, 5.41) is 0. The molecule has 3 aliphatic rings. The molecule has 0 aliphatic carbocycles. The molecule has 1 unspecified atom stereocenters. The van der Waals surface area contributed by atoms with Gasteiger partial charge in [0, 0.05) is 5.56 Å². The summed E-state index contributed by atoms with van der Waals surface area (Å²) in [5.74, 6) is 0.0975. The Bertz CT molecular complexity index is 751. The predicted molar refractivity (Wildman–Crippen MR) is 80.8 cm³/mol. The molecule has 5 nitrogen and oxygen atoms in total. The number of ether oxygens (including phenoxy) is 1. The molecule has 4 rings (SSSR count). The van der Waals surface area contributed by atoms with Gasteiger partial charge in [-0.15, -0.1) is 0 Å². The van der Waals surface area contributed by atoms with Crippen molar-refractivity contribution in [3.8, 4) is 0 Å². The maximum Gasteiger partial charge on any atom is 0.267 e. The van der Waals surface area contributed by atoms with Crippen LogP contribution in [0.15, 0.2) is 17.1 Å². The minimum Gasteiger partial charge on any atom is -0.376 e. The van der Waals surface area contributed by atoms with Gasteiger partial charge in [-0.2, -0.15) is 0 Å². The minimum absolute atomic E-state index is 0.0420. The van der Waals surface area contributed by atoms with E-state index in [2.05, 4.69) is 4.99 Å². The van der Waals surface area contributed by atoms with E-state index in [1.165, 1.54) is 10.5 Å². The second-order valence-electron chi connectivity index (χ2n) is 6.65. The van der Waals surface area contributed by atoms with Crippen molar-refractivity contribution in [2.45, 2.75) is 39.3 Å². The second-order valence-corrected chi connectivity index (χ2v) is 6.65. The molecule has 0 saturated heterocycles. The van der Waals surface area contributed by atoms with Crippen molar-refractivity contribution in [2.24, 2.45) is 10.9 Å². The first-order valence-corrected chi connectivity index (χ1v) is 7.66. The zero-order chi connectivity index (χ0) is 15.6. The summed E-state index contributed by atoms with van der Waals surface area (Å²) in [6, 6.07) is 3.89. The number of benzene rings is 1. The van der Waals surface area contributed by atoms with Gasteiger partial charge in [0.05, 0.1) is 18.8 Å². The van der Waals surface area contributed by atoms with E-state index in [0.717, 1.165) is 17.5 Å². The van der Waals surface area contributed by atoms with Gasteiger partial charge in [0.1, 0.15) is 11.4 Å². The van der Waals surface area contributed by atoms with Gasteiger partial charge in [-0.25, -0.2) is 4.90 Å². The Balaban J connectivity index is 1.90. The molecule has 1 aromatic carbocycles. The van der Waals surface area contributed by atoms with E-state index in [4.69, 9.17) is 4.74 Å². The van der Waals surface area contributed by atoms with Crippen molar-refractivity contribution >= 4 is 17.6 Å². The average molecular weight is 298 g/mol. The third kappa shape index (κ3) is 1.54. The molecule has 5 heteroatoms. The minimum atomic E-state index is -0.846. The van der Waals surface area contributed by atoms with Crippen molar-refractivity contribution in [1.82, 2.24) is 4.90 Å². The fourth-order valence-electron chi connectivity index (χ4n) is 3.29. The molecular weight excluding hydrogens is 280 g/mol. The first-order chi connectivity index (χ1) is 10.4. The number of hydrogen-bond acceptors (Lipinski definition) is 4. The van der Waals surface area contributed by atoms with Crippen LogP contribution in [0.5, 0.6) is 0 Å². The van der Waals surface area contributed by atoms with E-state index in [0.29, 0.717) is 24.6 Å². The normalized spacial score (nSPS) is 26.2. The number of rotatable bonds is 1. The topological polar surface area (TPSA) is 59.0 Å². The maximum absolute atomic E-state index is 12.7. The first-order valence-electron chi connectivity index (χ1n) is 7.66. The van der Waals surface area contributed by atoms with Crippen LogP contribution >= 0.6 is 0 Å². The highest BCUT2D eigenvalue weighted by Gasteiger charge is 2.53. The maximum atomic E-state index is 12.7. The second kappa shape index (κ2) is 4.26. The van der Waals surface area contributed by atoms with Crippen LogP contribution < -0.4 is 0 Å². The number of hydrogen-bond donors (Lipinski definition) is 0. The Labute approximate surface area is 129 Å². The average Bonchev–Trinajstić information content (AvgIpc) is 2.92. The molecule has 3 aliphatic heterocycles. The molecule has 0 spiro atoms. The Kier molecular flexibility index (Phi) is 2.64. The molecule has 0 aromatic heterocycles. The highest BCUT2D eigenvalue weighted by atomic mass is 16.5. The van der Waals surface area contributed by atoms with E-state index in [-0.39, 0.29) is 17.7 Å². The zero-order valence-electron chi connectivity index (χ0n) is 13.0. The van der Waals surface area contributed by atoms with Crippen molar-refractivity contribution in [3.63, 3.8) is 0 Å². The molecular formula is C17H18N2O3. The Morgan fingerprint density at radius 1 is 1.23 bits per heavy atom. The number of carbonyl (C=O) groups excluding carboxylic acids is 2. The van der Waals surface area contributed by atoms with Crippen LogP contribution in [0, 0.1) is 5.92 Å². The Hall–Kier alpha value is -2.01. The lowest BCUT2D eigenvalue weighted by atomic mass is 9.88. The molecule has 114 valence electrons. The van der Waals surface area contributed by atoms with Crippen LogP contribution in [0.2, 0.25) is 0 Å². The van der Waals surface area contributed by atoms with Gasteiger partial charge in [-0.3, -0.25) is 14.6 Å². The number of amides is 2. The lowest BCUT2D eigenvalue weighted by molar-refractivity contribution is -0.130. The van der Waals surface area contributed by atoms with Crippen molar-refractivity contribution < 1.29 is 14.3 Å². The van der Waals surface area contributed by atoms with E-state index in [1.54, 1.807) is 0 Å². The fraction of sp³-hybridized carbons (Fsp3) is 0.471. The third-order valence-corrected chi connectivity index (χ3v) is 5.10. The van der Waals surface area contributed by atoms with Crippen molar-refractivity contribution in [1.29, 1.82) is 0 Å². The summed E-state index contributed by atoms with van der Waals surface area (Å²) >= 11 is 0. The third-order valence-electron chi connectivity index (χ3n) is 5.10. The van der Waals surface area contributed by atoms with Gasteiger partial charge in [-0.05, 0) is 42.5 Å². The lowest BCUT2D eigenvalue weighted by Gasteiger charge is -2.24. The molecule has 0 bridgehead atoms. The number of fused-ring (bicyclic) bond motifs is 4. The Morgan fingerprint density at radius 3 is 2.68 bits per heavy atom. The molecule has 0 fully saturated rings. The number of nitrogens with zero attached hydrogens (tertiary/aromatic N) is 2. The van der Waals surface area contributed by atoms with Gasteiger partial charge in [0.2, 0.25) is 0 Å². The SMILES string of the molecule is CC(C)C1(C)N=C2c3cc4c(cc3C(=O)N2C1=O)COCC4. The molecule has 0 radical (unpaired) electrons. The van der Waals surface area contributed by atoms with Crippen LogP contribution in [0.4, 0.5) is 0 Å². The summed E-state index contributed by atoms with van der Waals surface area (Å²) in [6.45, 7) is 6.95. The molecule has 3 heterocycles. The number of imide groups is 1. The van der Waals surface area contributed by atoms with Crippen molar-refractivity contribution in [3.05, 3.63) is 34.4 Å². The summed E-state index contributed by atoms with van der Waals surface area (Å²) < 4.78 is 5.45. The first kappa shape index (κ1) is 13.6. The van der Waals surface area contributed by atoms with Crippen LogP contribution in [0.25, 0.3) is 0 Å². The van der Waals surface area contributed by atoms with Gasteiger partial charge < -0.3 is 4.74 Å². The van der Waals surface area contributed by atoms with Gasteiger partial charge in [0.25, 0.3) is 11.8 Å². The van der Waals surface area contributed by atoms with E-state index in [9.17, 15) is 9.59 Å². The summed E-state index contributed by atoms with van der Waals surface area (Å²) in [7, 11) is 0. The van der Waals surface area contributed by atoms with Crippen LogP contribution in [-0.4, -0.2) is 34.7 Å². The smallest absolute Gasteiger partial charge is 0.267 e. The van der Waals surface area contributed by atoms with Crippen LogP contribution in [0.1, 0.15) is 47.8 Å². The Morgan fingerprint density at radius 2 is 1.95 bits per heavy atom. The van der Waals surface area contributed by atoms with Crippen LogP contribution in [-0.2, 0) is 22.6 Å². The number of carbonyl (C=O) groups is 2. The molecule has 1 aromatic rings. The predicted octanol–water partition coefficient (Wildman–Crippen LogP) is 1.92. The van der Waals surface area contributed by atoms with Gasteiger partial charge >= 0.3 is 0 Å². The number of amidine groups is 1. The molecule has 1 atom stereocenters. The zero-order valence-corrected chi connectivity index (χ0v) is 13.0. The van der Waals surface area contributed by atoms with E-state index in [1.807, 2.05) is 32.9 Å². The molecule has 0 N–H and O–H groups in total. The summed E-state index contributed by atoms with van der Waals surface area (Å²) in [5.41, 5.74) is 2.75. The van der Waals surface area contributed by atoms with Gasteiger partial charge in [0.15, 0.2) is 0 Å². The monoisotopic (exact) mass is 298 g/mol. The molecule has 0 saturated carbocycles. The lowest BCUT2D eigenvalue weighted by Crippen LogP contribution is -2.44. The quantitative estimate of drug-likeness (QED) is 0.744. The largest absolute Gasteiger partial charge is 0.376 e. The molecule has 22 heavy (non-hydrogen) atoms. The highest BCUT2D eigenvalue weighted by molar-refractivity contribution is 6.34. The van der Waals surface area contributed by atoms with Crippen LogP contribution in [0.3, 0.4) is 0 Å². The van der Waals surface area contributed by atoms with E-state index < -0.39 is 5.54 Å². The summed E-state index contributed by atoms with van der Waals surface area (Å²) in [6.07, 6.45) is 0.833. The van der Waals surface area contributed by atoms with Crippen molar-refractivity contribution in [2.75, 3.05) is 6.61 Å². The van der Waals surface area contributed by atoms with Gasteiger partial charge in [-0.1, -0.05) is 13.8 Å². The summed E-state index contributed by atoms with van der Waals surface area (Å²) in [4.78, 5) is 31.3. The molecule has 2 amide bonds. The van der Waals surface area contributed by atoms with E-state index >= 15 is 0 Å².